The quantitative estimate of drug-likeness (QED) is 0.865. The van der Waals surface area contributed by atoms with Gasteiger partial charge in [0.15, 0.2) is 0 Å². The minimum Gasteiger partial charge on any atom is -0.329 e. The molecule has 5 heteroatoms. The van der Waals surface area contributed by atoms with Gasteiger partial charge in [0.1, 0.15) is 0 Å². The van der Waals surface area contributed by atoms with Crippen LogP contribution in [0.15, 0.2) is 24.3 Å². The highest BCUT2D eigenvalue weighted by atomic mass is 19.4. The van der Waals surface area contributed by atoms with E-state index in [9.17, 15) is 13.2 Å². The molecule has 0 aliphatic rings. The third-order valence-corrected chi connectivity index (χ3v) is 3.27. The Bertz CT molecular complexity index is 416. The fraction of sp³-hybridized carbons (Fsp3) is 0.600. The number of halogens is 3. The summed E-state index contributed by atoms with van der Waals surface area (Å²) in [7, 11) is 0. The molecule has 0 aromatic heterocycles. The molecule has 0 spiro atoms. The molecule has 114 valence electrons. The summed E-state index contributed by atoms with van der Waals surface area (Å²) < 4.78 is 38.4. The number of alkyl halides is 3. The van der Waals surface area contributed by atoms with E-state index in [4.69, 9.17) is 5.73 Å². The summed E-state index contributed by atoms with van der Waals surface area (Å²) in [5.74, 6) is 0.440. The smallest absolute Gasteiger partial charge is 0.329 e. The number of likely N-dealkylation sites (N-methyl/N-ethyl adjacent to an activating group) is 1. The number of hydrogen-bond donors (Lipinski definition) is 1. The van der Waals surface area contributed by atoms with Crippen LogP contribution in [0.1, 0.15) is 37.9 Å². The Morgan fingerprint density at radius 3 is 2.35 bits per heavy atom. The number of rotatable bonds is 6. The molecule has 0 fully saturated rings. The standard InChI is InChI=1S/C15H23F3N2/c1-4-20(10-11(2)3)14(9-19)12-6-5-7-13(8-12)15(16,17)18/h5-8,11,14H,4,9-10,19H2,1-3H3. The second kappa shape index (κ2) is 7.09. The lowest BCUT2D eigenvalue weighted by Crippen LogP contribution is -2.36. The SMILES string of the molecule is CCN(CC(C)C)C(CN)c1cccc(C(F)(F)F)c1. The molecule has 2 nitrogen and oxygen atoms in total. The van der Waals surface area contributed by atoms with Crippen LogP contribution < -0.4 is 5.73 Å². The van der Waals surface area contributed by atoms with Crippen molar-refractivity contribution in [2.24, 2.45) is 11.7 Å². The van der Waals surface area contributed by atoms with E-state index in [1.54, 1.807) is 6.07 Å². The fourth-order valence-corrected chi connectivity index (χ4v) is 2.36. The maximum absolute atomic E-state index is 12.8. The Balaban J connectivity index is 3.05. The summed E-state index contributed by atoms with van der Waals surface area (Å²) in [6.45, 7) is 8.05. The second-order valence-corrected chi connectivity index (χ2v) is 5.36. The first-order valence-corrected chi connectivity index (χ1v) is 6.90. The summed E-state index contributed by atoms with van der Waals surface area (Å²) in [4.78, 5) is 2.13. The van der Waals surface area contributed by atoms with Crippen LogP contribution in [0.4, 0.5) is 13.2 Å². The first-order chi connectivity index (χ1) is 9.29. The van der Waals surface area contributed by atoms with Crippen molar-refractivity contribution in [3.05, 3.63) is 35.4 Å². The van der Waals surface area contributed by atoms with Crippen molar-refractivity contribution in [1.82, 2.24) is 4.90 Å². The van der Waals surface area contributed by atoms with E-state index in [2.05, 4.69) is 18.7 Å². The van der Waals surface area contributed by atoms with E-state index in [1.807, 2.05) is 6.92 Å². The van der Waals surface area contributed by atoms with Crippen LogP contribution in [0.3, 0.4) is 0 Å². The molecule has 0 amide bonds. The van der Waals surface area contributed by atoms with Gasteiger partial charge in [0.2, 0.25) is 0 Å². The Morgan fingerprint density at radius 2 is 1.90 bits per heavy atom. The van der Waals surface area contributed by atoms with Crippen LogP contribution in [0.2, 0.25) is 0 Å². The van der Waals surface area contributed by atoms with Crippen LogP contribution in [0.5, 0.6) is 0 Å². The molecular formula is C15H23F3N2. The molecule has 0 heterocycles. The van der Waals surface area contributed by atoms with Crippen molar-refractivity contribution >= 4 is 0 Å². The topological polar surface area (TPSA) is 29.3 Å². The number of nitrogens with two attached hydrogens (primary N) is 1. The van der Waals surface area contributed by atoms with Gasteiger partial charge < -0.3 is 5.73 Å². The molecule has 0 radical (unpaired) electrons. The highest BCUT2D eigenvalue weighted by Gasteiger charge is 2.31. The predicted molar refractivity (Wildman–Crippen MR) is 75.3 cm³/mol. The molecule has 2 N–H and O–H groups in total. The van der Waals surface area contributed by atoms with Gasteiger partial charge in [0.05, 0.1) is 5.56 Å². The van der Waals surface area contributed by atoms with E-state index in [0.717, 1.165) is 19.2 Å². The molecule has 1 rings (SSSR count). The first-order valence-electron chi connectivity index (χ1n) is 6.90. The van der Waals surface area contributed by atoms with E-state index in [-0.39, 0.29) is 6.04 Å². The third kappa shape index (κ3) is 4.49. The van der Waals surface area contributed by atoms with Crippen LogP contribution >= 0.6 is 0 Å². The van der Waals surface area contributed by atoms with E-state index in [1.165, 1.54) is 12.1 Å². The first kappa shape index (κ1) is 17.0. The summed E-state index contributed by atoms with van der Waals surface area (Å²) in [6.07, 6.45) is -4.32. The summed E-state index contributed by atoms with van der Waals surface area (Å²) in [6, 6.07) is 5.29. The predicted octanol–water partition coefficient (Wildman–Crippen LogP) is 3.68. The molecule has 1 atom stereocenters. The van der Waals surface area contributed by atoms with Gasteiger partial charge in [0.25, 0.3) is 0 Å². The minimum atomic E-state index is -4.32. The van der Waals surface area contributed by atoms with Gasteiger partial charge in [0, 0.05) is 19.1 Å². The van der Waals surface area contributed by atoms with Gasteiger partial charge >= 0.3 is 6.18 Å². The highest BCUT2D eigenvalue weighted by molar-refractivity contribution is 5.28. The molecule has 0 aliphatic heterocycles. The Kier molecular flexibility index (Phi) is 6.02. The molecule has 1 aromatic rings. The van der Waals surface area contributed by atoms with Crippen molar-refractivity contribution in [3.63, 3.8) is 0 Å². The average molecular weight is 288 g/mol. The summed E-state index contributed by atoms with van der Waals surface area (Å²) >= 11 is 0. The molecule has 0 saturated heterocycles. The van der Waals surface area contributed by atoms with Gasteiger partial charge in [-0.15, -0.1) is 0 Å². The minimum absolute atomic E-state index is 0.176. The van der Waals surface area contributed by atoms with Crippen molar-refractivity contribution in [2.75, 3.05) is 19.6 Å². The third-order valence-electron chi connectivity index (χ3n) is 3.27. The van der Waals surface area contributed by atoms with E-state index >= 15 is 0 Å². The summed E-state index contributed by atoms with van der Waals surface area (Å²) in [5.41, 5.74) is 5.81. The molecule has 20 heavy (non-hydrogen) atoms. The van der Waals surface area contributed by atoms with Crippen LogP contribution in [-0.2, 0) is 6.18 Å². The largest absolute Gasteiger partial charge is 0.416 e. The number of nitrogens with zero attached hydrogens (tertiary/aromatic N) is 1. The number of hydrogen-bond acceptors (Lipinski definition) is 2. The Morgan fingerprint density at radius 1 is 1.25 bits per heavy atom. The van der Waals surface area contributed by atoms with Crippen molar-refractivity contribution in [3.8, 4) is 0 Å². The molecule has 1 aromatic carbocycles. The Labute approximate surface area is 118 Å². The zero-order chi connectivity index (χ0) is 15.3. The zero-order valence-electron chi connectivity index (χ0n) is 12.2. The average Bonchev–Trinajstić information content (AvgIpc) is 2.37. The van der Waals surface area contributed by atoms with Crippen LogP contribution in [0, 0.1) is 5.92 Å². The highest BCUT2D eigenvalue weighted by Crippen LogP contribution is 2.31. The van der Waals surface area contributed by atoms with E-state index in [0.29, 0.717) is 18.0 Å². The maximum Gasteiger partial charge on any atom is 0.416 e. The lowest BCUT2D eigenvalue weighted by molar-refractivity contribution is -0.137. The fourth-order valence-electron chi connectivity index (χ4n) is 2.36. The molecular weight excluding hydrogens is 265 g/mol. The van der Waals surface area contributed by atoms with Crippen LogP contribution in [-0.4, -0.2) is 24.5 Å². The van der Waals surface area contributed by atoms with Crippen molar-refractivity contribution < 1.29 is 13.2 Å². The van der Waals surface area contributed by atoms with Gasteiger partial charge in [-0.25, -0.2) is 0 Å². The Hall–Kier alpha value is -1.07. The van der Waals surface area contributed by atoms with Crippen LogP contribution in [0.25, 0.3) is 0 Å². The maximum atomic E-state index is 12.8. The van der Waals surface area contributed by atoms with Gasteiger partial charge in [-0.1, -0.05) is 32.9 Å². The van der Waals surface area contributed by atoms with Gasteiger partial charge in [-0.2, -0.15) is 13.2 Å². The summed E-state index contributed by atoms with van der Waals surface area (Å²) in [5, 5.41) is 0. The van der Waals surface area contributed by atoms with Gasteiger partial charge in [-0.3, -0.25) is 4.90 Å². The monoisotopic (exact) mass is 288 g/mol. The molecule has 0 aliphatic carbocycles. The lowest BCUT2D eigenvalue weighted by atomic mass is 10.0. The van der Waals surface area contributed by atoms with Crippen molar-refractivity contribution in [2.45, 2.75) is 33.0 Å². The normalized spacial score (nSPS) is 14.1. The second-order valence-electron chi connectivity index (χ2n) is 5.36. The molecule has 0 saturated carbocycles. The molecule has 1 unspecified atom stereocenters. The zero-order valence-corrected chi connectivity index (χ0v) is 12.2. The van der Waals surface area contributed by atoms with Crippen molar-refractivity contribution in [1.29, 1.82) is 0 Å². The lowest BCUT2D eigenvalue weighted by Gasteiger charge is -2.32. The molecule has 0 bridgehead atoms. The number of benzene rings is 1. The van der Waals surface area contributed by atoms with E-state index < -0.39 is 11.7 Å². The van der Waals surface area contributed by atoms with Gasteiger partial charge in [-0.05, 0) is 30.2 Å².